The van der Waals surface area contributed by atoms with Crippen LogP contribution in [0.3, 0.4) is 0 Å². The fourth-order valence-corrected chi connectivity index (χ4v) is 2.76. The Morgan fingerprint density at radius 2 is 1.96 bits per heavy atom. The normalized spacial score (nSPS) is 10.7. The van der Waals surface area contributed by atoms with Gasteiger partial charge < -0.3 is 10.1 Å². The predicted molar refractivity (Wildman–Crippen MR) is 98.6 cm³/mol. The molecule has 0 atom stereocenters. The van der Waals surface area contributed by atoms with Crippen molar-refractivity contribution in [2.45, 2.75) is 32.9 Å². The van der Waals surface area contributed by atoms with E-state index in [-0.39, 0.29) is 25.5 Å². The van der Waals surface area contributed by atoms with Crippen LogP contribution < -0.4 is 5.32 Å². The Balaban J connectivity index is 1.48. The fourth-order valence-electron chi connectivity index (χ4n) is 2.76. The smallest absolute Gasteiger partial charge is 0.325 e. The van der Waals surface area contributed by atoms with Crippen molar-refractivity contribution in [3.63, 3.8) is 0 Å². The van der Waals surface area contributed by atoms with Crippen molar-refractivity contribution in [3.05, 3.63) is 53.9 Å². The Hall–Kier alpha value is -3.29. The molecule has 0 radical (unpaired) electrons. The van der Waals surface area contributed by atoms with Gasteiger partial charge in [0, 0.05) is 6.54 Å². The molecule has 0 saturated heterocycles. The average molecular weight is 367 g/mol. The summed E-state index contributed by atoms with van der Waals surface area (Å²) in [4.78, 5) is 24.0. The van der Waals surface area contributed by atoms with Gasteiger partial charge in [-0.05, 0) is 33.2 Å². The van der Waals surface area contributed by atoms with Crippen LogP contribution in [0.4, 0.5) is 0 Å². The van der Waals surface area contributed by atoms with Gasteiger partial charge in [0.05, 0.1) is 6.42 Å². The molecular weight excluding hydrogens is 346 g/mol. The molecule has 3 rings (SSSR count). The summed E-state index contributed by atoms with van der Waals surface area (Å²) in [6, 6.07) is 13.7. The van der Waals surface area contributed by atoms with Crippen LogP contribution in [-0.2, 0) is 33.9 Å². The third-order valence-electron chi connectivity index (χ3n) is 4.06. The van der Waals surface area contributed by atoms with Gasteiger partial charge in [-0.25, -0.2) is 4.68 Å². The van der Waals surface area contributed by atoms with Gasteiger partial charge in [-0.2, -0.15) is 0 Å². The monoisotopic (exact) mass is 367 g/mol. The molecule has 8 nitrogen and oxygen atoms in total. The number of ether oxygens (including phenoxy) is 1. The summed E-state index contributed by atoms with van der Waals surface area (Å²) in [7, 11) is 0. The van der Waals surface area contributed by atoms with Crippen LogP contribution in [-0.4, -0.2) is 38.6 Å². The summed E-state index contributed by atoms with van der Waals surface area (Å²) in [5.41, 5.74) is 0.915. The maximum absolute atomic E-state index is 12.2. The number of esters is 1. The number of carbonyl (C=O) groups excluding carboxylic acids is 2. The summed E-state index contributed by atoms with van der Waals surface area (Å²) < 4.78 is 6.72. The minimum Gasteiger partial charge on any atom is -0.456 e. The van der Waals surface area contributed by atoms with Crippen LogP contribution in [0.5, 0.6) is 0 Å². The second-order valence-corrected chi connectivity index (χ2v) is 6.07. The molecule has 1 aromatic heterocycles. The number of nitrogens with zero attached hydrogens (tertiary/aromatic N) is 4. The Morgan fingerprint density at radius 1 is 1.15 bits per heavy atom. The molecule has 0 aliphatic carbocycles. The van der Waals surface area contributed by atoms with E-state index in [9.17, 15) is 9.59 Å². The number of benzene rings is 2. The standard InChI is InChI=1S/C19H21N5O3/c1-2-10-24-17(21-22-23-24)13-27-19(26)12-20-18(25)11-15-8-5-7-14-6-3-4-9-16(14)15/h3-9H,2,10-13H2,1H3,(H,20,25). The number of tetrazole rings is 1. The molecule has 8 heteroatoms. The zero-order valence-electron chi connectivity index (χ0n) is 15.1. The van der Waals surface area contributed by atoms with Crippen LogP contribution in [0.25, 0.3) is 10.8 Å². The maximum Gasteiger partial charge on any atom is 0.325 e. The number of nitrogens with one attached hydrogen (secondary N) is 1. The second-order valence-electron chi connectivity index (χ2n) is 6.07. The molecule has 0 aliphatic rings. The van der Waals surface area contributed by atoms with E-state index in [1.807, 2.05) is 49.4 Å². The lowest BCUT2D eigenvalue weighted by atomic mass is 10.0. The predicted octanol–water partition coefficient (Wildman–Crippen LogP) is 1.64. The van der Waals surface area contributed by atoms with Gasteiger partial charge in [0.15, 0.2) is 12.4 Å². The highest BCUT2D eigenvalue weighted by atomic mass is 16.5. The number of rotatable bonds is 8. The summed E-state index contributed by atoms with van der Waals surface area (Å²) in [6.07, 6.45) is 1.07. The zero-order chi connectivity index (χ0) is 19.1. The average Bonchev–Trinajstić information content (AvgIpc) is 3.12. The van der Waals surface area contributed by atoms with Crippen LogP contribution in [0, 0.1) is 0 Å². The van der Waals surface area contributed by atoms with Gasteiger partial charge in [-0.1, -0.05) is 49.4 Å². The van der Waals surface area contributed by atoms with Gasteiger partial charge in [0.1, 0.15) is 6.54 Å². The van der Waals surface area contributed by atoms with E-state index < -0.39 is 5.97 Å². The van der Waals surface area contributed by atoms with Crippen molar-refractivity contribution >= 4 is 22.6 Å². The highest BCUT2D eigenvalue weighted by molar-refractivity contribution is 5.91. The summed E-state index contributed by atoms with van der Waals surface area (Å²) in [6.45, 7) is 2.44. The van der Waals surface area contributed by atoms with E-state index >= 15 is 0 Å². The molecule has 0 bridgehead atoms. The van der Waals surface area contributed by atoms with Gasteiger partial charge in [-0.15, -0.1) is 5.10 Å². The SMILES string of the molecule is CCCn1nnnc1COC(=O)CNC(=O)Cc1cccc2ccccc12. The summed E-state index contributed by atoms with van der Waals surface area (Å²) in [5, 5.41) is 15.9. The van der Waals surface area contributed by atoms with Crippen LogP contribution in [0.1, 0.15) is 24.7 Å². The van der Waals surface area contributed by atoms with Crippen molar-refractivity contribution in [3.8, 4) is 0 Å². The van der Waals surface area contributed by atoms with Crippen molar-refractivity contribution in [1.82, 2.24) is 25.5 Å². The maximum atomic E-state index is 12.2. The number of amides is 1. The van der Waals surface area contributed by atoms with E-state index in [1.165, 1.54) is 0 Å². The lowest BCUT2D eigenvalue weighted by molar-refractivity contribution is -0.145. The topological polar surface area (TPSA) is 99.0 Å². The Kier molecular flexibility index (Phi) is 6.09. The number of aromatic nitrogens is 4. The van der Waals surface area contributed by atoms with E-state index in [2.05, 4.69) is 20.8 Å². The first kappa shape index (κ1) is 18.5. The molecule has 1 amide bonds. The van der Waals surface area contributed by atoms with Gasteiger partial charge in [0.2, 0.25) is 5.91 Å². The number of aryl methyl sites for hydroxylation is 1. The minimum atomic E-state index is -0.535. The lowest BCUT2D eigenvalue weighted by Crippen LogP contribution is -2.31. The van der Waals surface area contributed by atoms with E-state index in [0.717, 1.165) is 22.8 Å². The zero-order valence-corrected chi connectivity index (χ0v) is 15.1. The highest BCUT2D eigenvalue weighted by Gasteiger charge is 2.12. The van der Waals surface area contributed by atoms with E-state index in [1.54, 1.807) is 4.68 Å². The molecular formula is C19H21N5O3. The molecule has 140 valence electrons. The molecule has 0 saturated carbocycles. The lowest BCUT2D eigenvalue weighted by Gasteiger charge is -2.08. The van der Waals surface area contributed by atoms with Crippen LogP contribution in [0.2, 0.25) is 0 Å². The van der Waals surface area contributed by atoms with Crippen molar-refractivity contribution in [1.29, 1.82) is 0 Å². The quantitative estimate of drug-likeness (QED) is 0.608. The third kappa shape index (κ3) is 4.87. The highest BCUT2D eigenvalue weighted by Crippen LogP contribution is 2.18. The van der Waals surface area contributed by atoms with E-state index in [0.29, 0.717) is 12.4 Å². The Bertz CT molecular complexity index is 932. The van der Waals surface area contributed by atoms with Crippen LogP contribution >= 0.6 is 0 Å². The molecule has 3 aromatic rings. The number of carbonyl (C=O) groups is 2. The molecule has 1 heterocycles. The first-order chi connectivity index (χ1) is 13.2. The first-order valence-electron chi connectivity index (χ1n) is 8.81. The Labute approximate surface area is 156 Å². The molecule has 0 spiro atoms. The second kappa shape index (κ2) is 8.88. The fraction of sp³-hybridized carbons (Fsp3) is 0.316. The number of hydrogen-bond donors (Lipinski definition) is 1. The molecule has 2 aromatic carbocycles. The van der Waals surface area contributed by atoms with Crippen LogP contribution in [0.15, 0.2) is 42.5 Å². The third-order valence-corrected chi connectivity index (χ3v) is 4.06. The summed E-state index contributed by atoms with van der Waals surface area (Å²) in [5.74, 6) is -0.293. The molecule has 27 heavy (non-hydrogen) atoms. The molecule has 0 fully saturated rings. The first-order valence-corrected chi connectivity index (χ1v) is 8.81. The van der Waals surface area contributed by atoms with Crippen molar-refractivity contribution in [2.24, 2.45) is 0 Å². The minimum absolute atomic E-state index is 0.0228. The van der Waals surface area contributed by atoms with Gasteiger partial charge >= 0.3 is 5.97 Å². The summed E-state index contributed by atoms with van der Waals surface area (Å²) >= 11 is 0. The number of hydrogen-bond acceptors (Lipinski definition) is 6. The molecule has 1 N–H and O–H groups in total. The van der Waals surface area contributed by atoms with Gasteiger partial charge in [-0.3, -0.25) is 9.59 Å². The van der Waals surface area contributed by atoms with E-state index in [4.69, 9.17) is 4.74 Å². The molecule has 0 aliphatic heterocycles. The van der Waals surface area contributed by atoms with Crippen molar-refractivity contribution in [2.75, 3.05) is 6.54 Å². The number of fused-ring (bicyclic) bond motifs is 1. The molecule has 0 unspecified atom stereocenters. The van der Waals surface area contributed by atoms with Crippen molar-refractivity contribution < 1.29 is 14.3 Å². The Morgan fingerprint density at radius 3 is 2.81 bits per heavy atom. The largest absolute Gasteiger partial charge is 0.456 e. The van der Waals surface area contributed by atoms with Gasteiger partial charge in [0.25, 0.3) is 0 Å².